The van der Waals surface area contributed by atoms with Crippen molar-refractivity contribution >= 4 is 16.7 Å². The number of benzene rings is 4. The van der Waals surface area contributed by atoms with Crippen LogP contribution in [0.4, 0.5) is 0 Å². The summed E-state index contributed by atoms with van der Waals surface area (Å²) in [5, 5.41) is 5.42. The van der Waals surface area contributed by atoms with Crippen molar-refractivity contribution in [3.8, 4) is 5.75 Å². The molecular formula is C27H25NO2. The van der Waals surface area contributed by atoms with Gasteiger partial charge in [-0.15, -0.1) is 0 Å². The summed E-state index contributed by atoms with van der Waals surface area (Å²) in [5.41, 5.74) is 3.25. The molecule has 30 heavy (non-hydrogen) atoms. The van der Waals surface area contributed by atoms with Crippen molar-refractivity contribution < 1.29 is 9.53 Å². The zero-order chi connectivity index (χ0) is 20.9. The first-order valence-corrected chi connectivity index (χ1v) is 10.2. The molecule has 0 heterocycles. The van der Waals surface area contributed by atoms with Crippen molar-refractivity contribution in [3.63, 3.8) is 0 Å². The van der Waals surface area contributed by atoms with Gasteiger partial charge >= 0.3 is 0 Å². The molecule has 0 aliphatic carbocycles. The standard InChI is InChI=1S/C27H25NO2/c1-19-10-6-9-15-25(19)26(22-12-4-3-5-13-22)28-27(29)20(2)30-24-17-16-21-11-7-8-14-23(21)18-24/h3-18,20,26H,1-2H3,(H,28,29). The minimum Gasteiger partial charge on any atom is -0.481 e. The lowest BCUT2D eigenvalue weighted by molar-refractivity contribution is -0.127. The van der Waals surface area contributed by atoms with Gasteiger partial charge in [-0.25, -0.2) is 0 Å². The van der Waals surface area contributed by atoms with Gasteiger partial charge in [0.15, 0.2) is 6.10 Å². The Morgan fingerprint density at radius 2 is 1.47 bits per heavy atom. The van der Waals surface area contributed by atoms with Gasteiger partial charge in [0, 0.05) is 0 Å². The highest BCUT2D eigenvalue weighted by Crippen LogP contribution is 2.26. The maximum absolute atomic E-state index is 13.0. The minimum absolute atomic E-state index is 0.153. The third-order valence-corrected chi connectivity index (χ3v) is 5.32. The van der Waals surface area contributed by atoms with Crippen LogP contribution in [0.15, 0.2) is 97.1 Å². The molecule has 1 amide bonds. The topological polar surface area (TPSA) is 38.3 Å². The summed E-state index contributed by atoms with van der Waals surface area (Å²) in [6.45, 7) is 3.84. The molecule has 0 aromatic heterocycles. The van der Waals surface area contributed by atoms with E-state index in [4.69, 9.17) is 4.74 Å². The van der Waals surface area contributed by atoms with Gasteiger partial charge in [-0.1, -0.05) is 84.9 Å². The predicted octanol–water partition coefficient (Wildman–Crippen LogP) is 5.82. The van der Waals surface area contributed by atoms with E-state index >= 15 is 0 Å². The van der Waals surface area contributed by atoms with Gasteiger partial charge < -0.3 is 10.1 Å². The molecule has 150 valence electrons. The molecule has 0 saturated heterocycles. The summed E-state index contributed by atoms with van der Waals surface area (Å²) in [5.74, 6) is 0.531. The Kier molecular flexibility index (Phi) is 5.80. The highest BCUT2D eigenvalue weighted by atomic mass is 16.5. The number of nitrogens with one attached hydrogen (secondary N) is 1. The van der Waals surface area contributed by atoms with Crippen molar-refractivity contribution in [1.29, 1.82) is 0 Å². The number of amides is 1. The Morgan fingerprint density at radius 3 is 2.23 bits per heavy atom. The molecule has 4 aromatic rings. The van der Waals surface area contributed by atoms with Gasteiger partial charge in [0.25, 0.3) is 5.91 Å². The van der Waals surface area contributed by atoms with Crippen LogP contribution in [0.1, 0.15) is 29.7 Å². The molecule has 2 unspecified atom stereocenters. The zero-order valence-corrected chi connectivity index (χ0v) is 17.2. The van der Waals surface area contributed by atoms with Crippen molar-refractivity contribution in [2.75, 3.05) is 0 Å². The van der Waals surface area contributed by atoms with Crippen LogP contribution < -0.4 is 10.1 Å². The maximum atomic E-state index is 13.0. The third-order valence-electron chi connectivity index (χ3n) is 5.32. The van der Waals surface area contributed by atoms with Crippen LogP contribution in [-0.2, 0) is 4.79 Å². The fourth-order valence-electron chi connectivity index (χ4n) is 3.65. The Bertz CT molecular complexity index is 1150. The molecule has 3 heteroatoms. The molecular weight excluding hydrogens is 370 g/mol. The highest BCUT2D eigenvalue weighted by molar-refractivity contribution is 5.84. The van der Waals surface area contributed by atoms with Gasteiger partial charge in [0.05, 0.1) is 6.04 Å². The van der Waals surface area contributed by atoms with Crippen LogP contribution in [0, 0.1) is 6.92 Å². The highest BCUT2D eigenvalue weighted by Gasteiger charge is 2.22. The summed E-state index contributed by atoms with van der Waals surface area (Å²) in [7, 11) is 0. The van der Waals surface area contributed by atoms with E-state index in [9.17, 15) is 4.79 Å². The molecule has 0 aliphatic rings. The molecule has 0 fully saturated rings. The van der Waals surface area contributed by atoms with E-state index in [1.54, 1.807) is 6.92 Å². The van der Waals surface area contributed by atoms with Gasteiger partial charge in [0.1, 0.15) is 5.75 Å². The van der Waals surface area contributed by atoms with Crippen molar-refractivity contribution in [2.45, 2.75) is 26.0 Å². The second-order valence-electron chi connectivity index (χ2n) is 7.48. The minimum atomic E-state index is -0.624. The molecule has 0 bridgehead atoms. The van der Waals surface area contributed by atoms with Crippen LogP contribution >= 0.6 is 0 Å². The summed E-state index contributed by atoms with van der Waals surface area (Å²) >= 11 is 0. The molecule has 0 spiro atoms. The zero-order valence-electron chi connectivity index (χ0n) is 17.2. The fourth-order valence-corrected chi connectivity index (χ4v) is 3.65. The van der Waals surface area contributed by atoms with Gasteiger partial charge in [-0.3, -0.25) is 4.79 Å². The lowest BCUT2D eigenvalue weighted by Crippen LogP contribution is -2.39. The molecule has 0 radical (unpaired) electrons. The fraction of sp³-hybridized carbons (Fsp3) is 0.148. The lowest BCUT2D eigenvalue weighted by atomic mass is 9.95. The van der Waals surface area contributed by atoms with Crippen LogP contribution in [0.2, 0.25) is 0 Å². The summed E-state index contributed by atoms with van der Waals surface area (Å²) in [6.07, 6.45) is -0.624. The number of hydrogen-bond donors (Lipinski definition) is 1. The van der Waals surface area contributed by atoms with Crippen molar-refractivity contribution in [2.24, 2.45) is 0 Å². The van der Waals surface area contributed by atoms with E-state index in [0.717, 1.165) is 27.5 Å². The average molecular weight is 396 g/mol. The van der Waals surface area contributed by atoms with Gasteiger partial charge in [0.2, 0.25) is 0 Å². The molecule has 0 aliphatic heterocycles. The van der Waals surface area contributed by atoms with Crippen LogP contribution in [0.25, 0.3) is 10.8 Å². The number of carbonyl (C=O) groups excluding carboxylic acids is 1. The SMILES string of the molecule is Cc1ccccc1C(NC(=O)C(C)Oc1ccc2ccccc2c1)c1ccccc1. The predicted molar refractivity (Wildman–Crippen MR) is 122 cm³/mol. The van der Waals surface area contributed by atoms with Crippen molar-refractivity contribution in [1.82, 2.24) is 5.32 Å². The number of rotatable bonds is 6. The van der Waals surface area contributed by atoms with E-state index in [1.165, 1.54) is 0 Å². The summed E-state index contributed by atoms with van der Waals surface area (Å²) in [4.78, 5) is 13.0. The van der Waals surface area contributed by atoms with Crippen LogP contribution in [0.5, 0.6) is 5.75 Å². The van der Waals surface area contributed by atoms with E-state index in [-0.39, 0.29) is 11.9 Å². The number of aryl methyl sites for hydroxylation is 1. The van der Waals surface area contributed by atoms with Crippen molar-refractivity contribution in [3.05, 3.63) is 114 Å². The third kappa shape index (κ3) is 4.36. The van der Waals surface area contributed by atoms with E-state index in [2.05, 4.69) is 30.4 Å². The molecule has 4 aromatic carbocycles. The van der Waals surface area contributed by atoms with Crippen LogP contribution in [0.3, 0.4) is 0 Å². The maximum Gasteiger partial charge on any atom is 0.261 e. The van der Waals surface area contributed by atoms with Gasteiger partial charge in [-0.2, -0.15) is 0 Å². The molecule has 2 atom stereocenters. The second-order valence-corrected chi connectivity index (χ2v) is 7.48. The second kappa shape index (κ2) is 8.83. The first-order valence-electron chi connectivity index (χ1n) is 10.2. The first-order chi connectivity index (χ1) is 14.6. The number of carbonyl (C=O) groups is 1. The normalized spacial score (nSPS) is 12.9. The lowest BCUT2D eigenvalue weighted by Gasteiger charge is -2.24. The number of fused-ring (bicyclic) bond motifs is 1. The molecule has 0 saturated carbocycles. The first kappa shape index (κ1) is 19.7. The molecule has 1 N–H and O–H groups in total. The van der Waals surface area contributed by atoms with E-state index in [1.807, 2.05) is 78.9 Å². The largest absolute Gasteiger partial charge is 0.481 e. The summed E-state index contributed by atoms with van der Waals surface area (Å²) < 4.78 is 5.98. The van der Waals surface area contributed by atoms with Crippen LogP contribution in [-0.4, -0.2) is 12.0 Å². The van der Waals surface area contributed by atoms with Gasteiger partial charge in [-0.05, 0) is 53.4 Å². The average Bonchev–Trinajstić information content (AvgIpc) is 2.78. The Labute approximate surface area is 177 Å². The van der Waals surface area contributed by atoms with E-state index < -0.39 is 6.10 Å². The monoisotopic (exact) mass is 395 g/mol. The summed E-state index contributed by atoms with van der Waals surface area (Å²) in [6, 6.07) is 31.9. The quantitative estimate of drug-likeness (QED) is 0.447. The van der Waals surface area contributed by atoms with E-state index in [0.29, 0.717) is 5.75 Å². The molecule has 4 rings (SSSR count). The Balaban J connectivity index is 1.55. The number of ether oxygens (including phenoxy) is 1. The smallest absolute Gasteiger partial charge is 0.261 e. The molecule has 3 nitrogen and oxygen atoms in total. The number of hydrogen-bond acceptors (Lipinski definition) is 2. The Morgan fingerprint density at radius 1 is 0.800 bits per heavy atom. The Hall–Kier alpha value is -3.59.